The molecule has 1 heterocycles. The minimum absolute atomic E-state index is 0.0990. The van der Waals surface area contributed by atoms with Gasteiger partial charge in [-0.15, -0.1) is 10.2 Å². The molecule has 11 heteroatoms. The third-order valence-electron chi connectivity index (χ3n) is 5.04. The van der Waals surface area contributed by atoms with Crippen LogP contribution < -0.4 is 10.6 Å². The van der Waals surface area contributed by atoms with E-state index in [0.717, 1.165) is 0 Å². The molecule has 0 saturated carbocycles. The van der Waals surface area contributed by atoms with Gasteiger partial charge in [0.1, 0.15) is 0 Å². The van der Waals surface area contributed by atoms with E-state index in [-0.39, 0.29) is 29.5 Å². The average Bonchev–Trinajstić information content (AvgIpc) is 3.22. The normalized spacial score (nSPS) is 12.0. The molecule has 1 atom stereocenters. The maximum absolute atomic E-state index is 12.9. The van der Waals surface area contributed by atoms with E-state index in [1.165, 1.54) is 11.8 Å². The Bertz CT molecular complexity index is 1200. The van der Waals surface area contributed by atoms with E-state index < -0.39 is 0 Å². The molecular formula is C24H26Cl3N5O2S. The van der Waals surface area contributed by atoms with Crippen molar-refractivity contribution in [1.29, 1.82) is 0 Å². The summed E-state index contributed by atoms with van der Waals surface area (Å²) in [7, 11) is 0. The van der Waals surface area contributed by atoms with Gasteiger partial charge in [-0.3, -0.25) is 9.59 Å². The van der Waals surface area contributed by atoms with Crippen LogP contribution >= 0.6 is 46.6 Å². The van der Waals surface area contributed by atoms with Gasteiger partial charge in [-0.1, -0.05) is 72.5 Å². The number of rotatable bonds is 10. The Morgan fingerprint density at radius 3 is 2.49 bits per heavy atom. The standard InChI is InChI=1S/C24H26Cl3N5O2S/c1-4-32-22(20(11-14(2)3)29-23(34)16-7-5-6-8-17(16)26)30-31-24(32)35-13-21(33)28-19-12-15(25)9-10-18(19)27/h5-10,12,14,20H,4,11,13H2,1-3H3,(H,28,33)(H,29,34)/t20-/m1/s1. The van der Waals surface area contributed by atoms with E-state index >= 15 is 0 Å². The van der Waals surface area contributed by atoms with Gasteiger partial charge in [0.2, 0.25) is 5.91 Å². The number of hydrogen-bond donors (Lipinski definition) is 2. The van der Waals surface area contributed by atoms with Crippen LogP contribution in [0.5, 0.6) is 0 Å². The number of halogens is 3. The summed E-state index contributed by atoms with van der Waals surface area (Å²) in [6.45, 7) is 6.68. The van der Waals surface area contributed by atoms with Gasteiger partial charge in [0.05, 0.1) is 33.1 Å². The summed E-state index contributed by atoms with van der Waals surface area (Å²) < 4.78 is 1.91. The quantitative estimate of drug-likeness (QED) is 0.279. The third kappa shape index (κ3) is 7.36. The van der Waals surface area contributed by atoms with Crippen molar-refractivity contribution >= 4 is 64.1 Å². The van der Waals surface area contributed by atoms with E-state index in [1.54, 1.807) is 42.5 Å². The van der Waals surface area contributed by atoms with Gasteiger partial charge < -0.3 is 15.2 Å². The number of aromatic nitrogens is 3. The van der Waals surface area contributed by atoms with Gasteiger partial charge in [-0.05, 0) is 49.6 Å². The highest BCUT2D eigenvalue weighted by molar-refractivity contribution is 7.99. The summed E-state index contributed by atoms with van der Waals surface area (Å²) in [6.07, 6.45) is 0.659. The summed E-state index contributed by atoms with van der Waals surface area (Å²) in [5, 5.41) is 16.3. The lowest BCUT2D eigenvalue weighted by molar-refractivity contribution is -0.113. The van der Waals surface area contributed by atoms with Gasteiger partial charge in [-0.2, -0.15) is 0 Å². The molecule has 1 aromatic heterocycles. The number of anilines is 1. The molecule has 3 aromatic rings. The van der Waals surface area contributed by atoms with Gasteiger partial charge in [0, 0.05) is 11.6 Å². The molecular weight excluding hydrogens is 529 g/mol. The Morgan fingerprint density at radius 1 is 1.06 bits per heavy atom. The zero-order chi connectivity index (χ0) is 25.5. The topological polar surface area (TPSA) is 88.9 Å². The van der Waals surface area contributed by atoms with Crippen molar-refractivity contribution in [1.82, 2.24) is 20.1 Å². The second-order valence-corrected chi connectivity index (χ2v) is 10.4. The number of amides is 2. The SMILES string of the molecule is CCn1c(SCC(=O)Nc2cc(Cl)ccc2Cl)nnc1[C@@H](CC(C)C)NC(=O)c1ccccc1Cl. The molecule has 35 heavy (non-hydrogen) atoms. The molecule has 0 unspecified atom stereocenters. The van der Waals surface area contributed by atoms with Crippen molar-refractivity contribution < 1.29 is 9.59 Å². The van der Waals surface area contributed by atoms with Crippen molar-refractivity contribution in [3.8, 4) is 0 Å². The molecule has 0 spiro atoms. The number of thioether (sulfide) groups is 1. The first-order valence-corrected chi connectivity index (χ1v) is 13.2. The second kappa shape index (κ2) is 12.6. The molecule has 0 saturated heterocycles. The highest BCUT2D eigenvalue weighted by atomic mass is 35.5. The smallest absolute Gasteiger partial charge is 0.253 e. The third-order valence-corrected chi connectivity index (χ3v) is 6.90. The van der Waals surface area contributed by atoms with Crippen molar-refractivity contribution in [3.63, 3.8) is 0 Å². The average molecular weight is 555 g/mol. The van der Waals surface area contributed by atoms with Gasteiger partial charge in [-0.25, -0.2) is 0 Å². The van der Waals surface area contributed by atoms with E-state index in [4.69, 9.17) is 34.8 Å². The van der Waals surface area contributed by atoms with Crippen LogP contribution in [0.4, 0.5) is 5.69 Å². The predicted octanol–water partition coefficient (Wildman–Crippen LogP) is 6.51. The summed E-state index contributed by atoms with van der Waals surface area (Å²) in [5.74, 6) is 0.484. The van der Waals surface area contributed by atoms with Crippen LogP contribution in [0.3, 0.4) is 0 Å². The predicted molar refractivity (Wildman–Crippen MR) is 143 cm³/mol. The first-order valence-electron chi connectivity index (χ1n) is 11.1. The first-order chi connectivity index (χ1) is 16.7. The lowest BCUT2D eigenvalue weighted by atomic mass is 10.0. The van der Waals surface area contributed by atoms with E-state index in [2.05, 4.69) is 34.7 Å². The minimum Gasteiger partial charge on any atom is -0.342 e. The number of nitrogens with zero attached hydrogens (tertiary/aromatic N) is 3. The Morgan fingerprint density at radius 2 is 1.80 bits per heavy atom. The van der Waals surface area contributed by atoms with Crippen molar-refractivity contribution in [2.75, 3.05) is 11.1 Å². The minimum atomic E-state index is -0.375. The van der Waals surface area contributed by atoms with E-state index in [9.17, 15) is 9.59 Å². The molecule has 2 amide bonds. The molecule has 186 valence electrons. The fourth-order valence-electron chi connectivity index (χ4n) is 3.45. The lowest BCUT2D eigenvalue weighted by Crippen LogP contribution is -2.31. The Balaban J connectivity index is 1.75. The molecule has 7 nitrogen and oxygen atoms in total. The number of nitrogens with one attached hydrogen (secondary N) is 2. The van der Waals surface area contributed by atoms with Crippen molar-refractivity contribution in [3.05, 3.63) is 68.9 Å². The Labute approximate surface area is 223 Å². The Kier molecular flexibility index (Phi) is 9.86. The molecule has 0 radical (unpaired) electrons. The zero-order valence-corrected chi connectivity index (χ0v) is 22.6. The summed E-state index contributed by atoms with van der Waals surface area (Å²) in [4.78, 5) is 25.5. The van der Waals surface area contributed by atoms with Crippen LogP contribution in [0.2, 0.25) is 15.1 Å². The molecule has 2 N–H and O–H groups in total. The molecule has 2 aromatic carbocycles. The van der Waals surface area contributed by atoms with Crippen LogP contribution in [0.1, 0.15) is 49.4 Å². The maximum atomic E-state index is 12.9. The largest absolute Gasteiger partial charge is 0.342 e. The fraction of sp³-hybridized carbons (Fsp3) is 0.333. The van der Waals surface area contributed by atoms with Gasteiger partial charge >= 0.3 is 0 Å². The van der Waals surface area contributed by atoms with Crippen LogP contribution in [0.15, 0.2) is 47.6 Å². The number of benzene rings is 2. The molecule has 3 rings (SSSR count). The number of hydrogen-bond acceptors (Lipinski definition) is 5. The fourth-order valence-corrected chi connectivity index (χ4v) is 4.82. The van der Waals surface area contributed by atoms with Crippen LogP contribution in [0, 0.1) is 5.92 Å². The lowest BCUT2D eigenvalue weighted by Gasteiger charge is -2.21. The summed E-state index contributed by atoms with van der Waals surface area (Å²) >= 11 is 19.6. The highest BCUT2D eigenvalue weighted by Crippen LogP contribution is 2.28. The van der Waals surface area contributed by atoms with Gasteiger partial charge in [0.25, 0.3) is 5.91 Å². The zero-order valence-electron chi connectivity index (χ0n) is 19.5. The van der Waals surface area contributed by atoms with Crippen LogP contribution in [-0.4, -0.2) is 32.3 Å². The van der Waals surface area contributed by atoms with Crippen LogP contribution in [-0.2, 0) is 11.3 Å². The van der Waals surface area contributed by atoms with Crippen molar-refractivity contribution in [2.24, 2.45) is 5.92 Å². The van der Waals surface area contributed by atoms with Crippen LogP contribution in [0.25, 0.3) is 0 Å². The Hall–Kier alpha value is -2.26. The first kappa shape index (κ1) is 27.3. The number of carbonyl (C=O) groups is 2. The monoisotopic (exact) mass is 553 g/mol. The molecule has 0 bridgehead atoms. The molecule has 0 aliphatic rings. The molecule has 0 aliphatic carbocycles. The molecule has 0 aliphatic heterocycles. The van der Waals surface area contributed by atoms with Gasteiger partial charge in [0.15, 0.2) is 11.0 Å². The maximum Gasteiger partial charge on any atom is 0.253 e. The van der Waals surface area contributed by atoms with E-state index in [0.29, 0.717) is 50.3 Å². The van der Waals surface area contributed by atoms with E-state index in [1.807, 2.05) is 11.5 Å². The molecule has 0 fully saturated rings. The van der Waals surface area contributed by atoms with Crippen molar-refractivity contribution in [2.45, 2.75) is 44.9 Å². The summed E-state index contributed by atoms with van der Waals surface area (Å²) in [5.41, 5.74) is 0.845. The summed E-state index contributed by atoms with van der Waals surface area (Å²) in [6, 6.07) is 11.4. The second-order valence-electron chi connectivity index (χ2n) is 8.18. The highest BCUT2D eigenvalue weighted by Gasteiger charge is 2.25. The number of carbonyl (C=O) groups excluding carboxylic acids is 2.